The Morgan fingerprint density at radius 2 is 1.93 bits per heavy atom. The molecule has 9 nitrogen and oxygen atoms in total. The van der Waals surface area contributed by atoms with Crippen LogP contribution in [-0.4, -0.2) is 53.5 Å². The van der Waals surface area contributed by atoms with Crippen molar-refractivity contribution in [3.05, 3.63) is 36.4 Å². The third kappa shape index (κ3) is 3.66. The van der Waals surface area contributed by atoms with Gasteiger partial charge in [0.25, 0.3) is 0 Å². The number of thiazole rings is 1. The molecule has 1 aliphatic heterocycles. The highest BCUT2D eigenvalue weighted by Gasteiger charge is 2.39. The summed E-state index contributed by atoms with van der Waals surface area (Å²) < 4.78 is 33.0. The summed E-state index contributed by atoms with van der Waals surface area (Å²) in [6.07, 6.45) is 0.961. The first-order chi connectivity index (χ1) is 14.3. The number of hydrogen-bond donors (Lipinski definition) is 3. The summed E-state index contributed by atoms with van der Waals surface area (Å²) in [5.41, 5.74) is 0.416. The Morgan fingerprint density at radius 3 is 2.63 bits per heavy atom. The minimum atomic E-state index is -3.85. The lowest BCUT2D eigenvalue weighted by Crippen LogP contribution is -2.43. The lowest BCUT2D eigenvalue weighted by molar-refractivity contribution is -0.119. The molecule has 30 heavy (non-hydrogen) atoms. The molecule has 3 aromatic rings. The normalized spacial score (nSPS) is 17.3. The van der Waals surface area contributed by atoms with Gasteiger partial charge in [0.2, 0.25) is 15.9 Å². The highest BCUT2D eigenvalue weighted by Crippen LogP contribution is 2.35. The fraction of sp³-hybridized carbons (Fsp3) is 0.263. The molecule has 0 bridgehead atoms. The van der Waals surface area contributed by atoms with E-state index in [-0.39, 0.29) is 28.1 Å². The van der Waals surface area contributed by atoms with Crippen LogP contribution in [-0.2, 0) is 14.8 Å². The molecule has 1 atom stereocenters. The summed E-state index contributed by atoms with van der Waals surface area (Å²) in [4.78, 5) is 17.2. The van der Waals surface area contributed by atoms with E-state index < -0.39 is 22.0 Å². The Labute approximate surface area is 176 Å². The molecule has 4 rings (SSSR count). The average Bonchev–Trinajstić information content (AvgIpc) is 3.35. The number of phenols is 2. The number of nitrogens with one attached hydrogen (secondary N) is 1. The van der Waals surface area contributed by atoms with Gasteiger partial charge in [0.1, 0.15) is 11.8 Å². The van der Waals surface area contributed by atoms with Crippen LogP contribution in [0.3, 0.4) is 0 Å². The van der Waals surface area contributed by atoms with Crippen LogP contribution in [0.15, 0.2) is 41.3 Å². The summed E-state index contributed by atoms with van der Waals surface area (Å²) in [7, 11) is -2.36. The maximum Gasteiger partial charge on any atom is 0.244 e. The maximum atomic E-state index is 13.1. The van der Waals surface area contributed by atoms with Crippen molar-refractivity contribution in [3.63, 3.8) is 0 Å². The number of nitrogens with zero attached hydrogens (tertiary/aromatic N) is 2. The molecule has 0 radical (unpaired) electrons. The highest BCUT2D eigenvalue weighted by molar-refractivity contribution is 7.89. The monoisotopic (exact) mass is 449 g/mol. The van der Waals surface area contributed by atoms with Crippen molar-refractivity contribution in [2.45, 2.75) is 23.8 Å². The molecule has 2 aromatic carbocycles. The molecule has 1 aliphatic rings. The molecule has 11 heteroatoms. The number of sulfonamides is 1. The van der Waals surface area contributed by atoms with Gasteiger partial charge in [0.05, 0.1) is 22.2 Å². The first-order valence-electron chi connectivity index (χ1n) is 9.09. The Morgan fingerprint density at radius 1 is 1.23 bits per heavy atom. The van der Waals surface area contributed by atoms with Gasteiger partial charge in [-0.25, -0.2) is 13.4 Å². The van der Waals surface area contributed by atoms with Crippen molar-refractivity contribution in [2.24, 2.45) is 0 Å². The minimum absolute atomic E-state index is 0.0916. The smallest absolute Gasteiger partial charge is 0.244 e. The van der Waals surface area contributed by atoms with Gasteiger partial charge in [-0.1, -0.05) is 11.3 Å². The Hall–Kier alpha value is -2.89. The Kier molecular flexibility index (Phi) is 5.26. The number of ether oxygens (including phenoxy) is 1. The SMILES string of the molecule is COc1ccc(S(=O)(=O)N2CCC[C@H]2C(=O)Nc2nc3cc(O)c(O)cc3s2)cc1. The second-order valence-corrected chi connectivity index (χ2v) is 9.69. The number of benzene rings is 2. The summed E-state index contributed by atoms with van der Waals surface area (Å²) in [6, 6.07) is 7.82. The van der Waals surface area contributed by atoms with Crippen molar-refractivity contribution in [2.75, 3.05) is 19.0 Å². The summed E-state index contributed by atoms with van der Waals surface area (Å²) in [5, 5.41) is 22.1. The number of aromatic hydroxyl groups is 2. The molecule has 0 spiro atoms. The van der Waals surface area contributed by atoms with E-state index >= 15 is 0 Å². The van der Waals surface area contributed by atoms with Gasteiger partial charge < -0.3 is 20.3 Å². The lowest BCUT2D eigenvalue weighted by atomic mass is 10.2. The molecule has 1 saturated heterocycles. The van der Waals surface area contributed by atoms with Crippen LogP contribution in [0.5, 0.6) is 17.2 Å². The van der Waals surface area contributed by atoms with E-state index in [1.165, 1.54) is 35.7 Å². The third-order valence-corrected chi connectivity index (χ3v) is 7.74. The summed E-state index contributed by atoms with van der Waals surface area (Å²) in [5.74, 6) is -0.524. The largest absolute Gasteiger partial charge is 0.504 e. The van der Waals surface area contributed by atoms with E-state index in [0.29, 0.717) is 28.8 Å². The van der Waals surface area contributed by atoms with E-state index in [1.807, 2.05) is 0 Å². The number of carbonyl (C=O) groups is 1. The molecular formula is C19H19N3O6S2. The van der Waals surface area contributed by atoms with E-state index in [4.69, 9.17) is 4.74 Å². The fourth-order valence-electron chi connectivity index (χ4n) is 3.37. The van der Waals surface area contributed by atoms with Crippen molar-refractivity contribution in [1.29, 1.82) is 0 Å². The zero-order valence-corrected chi connectivity index (χ0v) is 17.5. The number of amides is 1. The van der Waals surface area contributed by atoms with Crippen LogP contribution in [0.2, 0.25) is 0 Å². The average molecular weight is 450 g/mol. The highest BCUT2D eigenvalue weighted by atomic mass is 32.2. The Bertz CT molecular complexity index is 1170. The maximum absolute atomic E-state index is 13.1. The number of anilines is 1. The molecule has 0 saturated carbocycles. The first kappa shape index (κ1) is 20.4. The predicted molar refractivity (Wildman–Crippen MR) is 111 cm³/mol. The number of fused-ring (bicyclic) bond motifs is 1. The van der Waals surface area contributed by atoms with Crippen LogP contribution in [0.4, 0.5) is 5.13 Å². The van der Waals surface area contributed by atoms with Gasteiger partial charge in [-0.05, 0) is 37.1 Å². The van der Waals surface area contributed by atoms with Crippen molar-refractivity contribution >= 4 is 42.6 Å². The Balaban J connectivity index is 1.56. The van der Waals surface area contributed by atoms with Crippen LogP contribution >= 0.6 is 11.3 Å². The van der Waals surface area contributed by atoms with Gasteiger partial charge in [0, 0.05) is 18.7 Å². The minimum Gasteiger partial charge on any atom is -0.504 e. The van der Waals surface area contributed by atoms with Crippen molar-refractivity contribution in [1.82, 2.24) is 9.29 Å². The van der Waals surface area contributed by atoms with Crippen LogP contribution in [0, 0.1) is 0 Å². The van der Waals surface area contributed by atoms with Crippen LogP contribution in [0.25, 0.3) is 10.2 Å². The second kappa shape index (κ2) is 7.74. The number of hydrogen-bond acceptors (Lipinski definition) is 8. The summed E-state index contributed by atoms with van der Waals surface area (Å²) in [6.45, 7) is 0.244. The first-order valence-corrected chi connectivity index (χ1v) is 11.3. The molecule has 1 aromatic heterocycles. The van der Waals surface area contributed by atoms with E-state index in [1.54, 1.807) is 12.1 Å². The number of methoxy groups -OCH3 is 1. The number of aromatic nitrogens is 1. The molecular weight excluding hydrogens is 430 g/mol. The molecule has 0 aliphatic carbocycles. The summed E-state index contributed by atoms with van der Waals surface area (Å²) >= 11 is 1.12. The predicted octanol–water partition coefficient (Wildman–Crippen LogP) is 2.51. The van der Waals surface area contributed by atoms with E-state index in [2.05, 4.69) is 10.3 Å². The van der Waals surface area contributed by atoms with Gasteiger partial charge in [-0.2, -0.15) is 4.31 Å². The molecule has 1 fully saturated rings. The van der Waals surface area contributed by atoms with Gasteiger partial charge in [-0.15, -0.1) is 0 Å². The standard InChI is InChI=1S/C19H19N3O6S2/c1-28-11-4-6-12(7-5-11)30(26,27)22-8-2-3-14(22)18(25)21-19-20-13-9-15(23)16(24)10-17(13)29-19/h4-7,9-10,14,23-24H,2-3,8H2,1H3,(H,20,21,25)/t14-/m0/s1. The van der Waals surface area contributed by atoms with Crippen molar-refractivity contribution in [3.8, 4) is 17.2 Å². The second-order valence-electron chi connectivity index (χ2n) is 6.77. The molecule has 1 amide bonds. The van der Waals surface area contributed by atoms with Crippen molar-refractivity contribution < 1.29 is 28.2 Å². The van der Waals surface area contributed by atoms with Gasteiger partial charge >= 0.3 is 0 Å². The van der Waals surface area contributed by atoms with Crippen LogP contribution in [0.1, 0.15) is 12.8 Å². The quantitative estimate of drug-likeness (QED) is 0.510. The topological polar surface area (TPSA) is 129 Å². The van der Waals surface area contributed by atoms with E-state index in [9.17, 15) is 23.4 Å². The van der Waals surface area contributed by atoms with Gasteiger partial charge in [0.15, 0.2) is 16.6 Å². The van der Waals surface area contributed by atoms with E-state index in [0.717, 1.165) is 11.3 Å². The zero-order chi connectivity index (χ0) is 21.5. The molecule has 2 heterocycles. The van der Waals surface area contributed by atoms with Crippen LogP contribution < -0.4 is 10.1 Å². The lowest BCUT2D eigenvalue weighted by Gasteiger charge is -2.23. The third-order valence-electron chi connectivity index (χ3n) is 4.89. The number of phenolic OH excluding ortho intramolecular Hbond substituents is 2. The fourth-order valence-corrected chi connectivity index (χ4v) is 5.91. The van der Waals surface area contributed by atoms with Gasteiger partial charge in [-0.3, -0.25) is 4.79 Å². The zero-order valence-electron chi connectivity index (χ0n) is 15.9. The molecule has 0 unspecified atom stereocenters. The number of carbonyl (C=O) groups excluding carboxylic acids is 1. The number of rotatable bonds is 5. The molecule has 158 valence electrons. The molecule has 3 N–H and O–H groups in total.